The average molecular weight is 333 g/mol. The van der Waals surface area contributed by atoms with Crippen LogP contribution in [0.25, 0.3) is 0 Å². The Morgan fingerprint density at radius 2 is 2.12 bits per heavy atom. The molecule has 1 aliphatic rings. The summed E-state index contributed by atoms with van der Waals surface area (Å²) in [7, 11) is 0. The lowest BCUT2D eigenvalue weighted by molar-refractivity contribution is -0.135. The molecule has 0 aromatic carbocycles. The fourth-order valence-corrected chi connectivity index (χ4v) is 2.85. The summed E-state index contributed by atoms with van der Waals surface area (Å²) in [5.74, 6) is -0.506. The maximum absolute atomic E-state index is 12.5. The van der Waals surface area contributed by atoms with E-state index in [2.05, 4.69) is 36.4 Å². The SMILES string of the molecule is CC(C)Oc1ccc(CNC(=O)[C@H]2C(=O)NC[C@@H]2C(C)(C)C)cn1. The standard InChI is InChI=1S/C18H27N3O3/c1-11(2)24-14-7-6-12(8-19-14)9-20-16(22)15-13(18(3,4)5)10-21-17(15)23/h6-8,11,13,15H,9-10H2,1-5H3,(H,20,22)(H,21,23)/t13-,15-/m0/s1. The van der Waals surface area contributed by atoms with Crippen molar-refractivity contribution in [3.05, 3.63) is 23.9 Å². The number of aromatic nitrogens is 1. The van der Waals surface area contributed by atoms with Crippen molar-refractivity contribution >= 4 is 11.8 Å². The van der Waals surface area contributed by atoms with Gasteiger partial charge in [0.1, 0.15) is 5.92 Å². The largest absolute Gasteiger partial charge is 0.475 e. The molecule has 6 heteroatoms. The van der Waals surface area contributed by atoms with Gasteiger partial charge in [0.2, 0.25) is 17.7 Å². The van der Waals surface area contributed by atoms with E-state index >= 15 is 0 Å². The minimum absolute atomic E-state index is 0.00931. The first kappa shape index (κ1) is 18.2. The summed E-state index contributed by atoms with van der Waals surface area (Å²) in [6, 6.07) is 3.64. The summed E-state index contributed by atoms with van der Waals surface area (Å²) in [5.41, 5.74) is 0.753. The van der Waals surface area contributed by atoms with E-state index in [1.165, 1.54) is 0 Å². The van der Waals surface area contributed by atoms with E-state index in [1.54, 1.807) is 12.3 Å². The number of nitrogens with one attached hydrogen (secondary N) is 2. The summed E-state index contributed by atoms with van der Waals surface area (Å²) < 4.78 is 5.49. The molecule has 1 aromatic rings. The van der Waals surface area contributed by atoms with Crippen LogP contribution in [0, 0.1) is 17.3 Å². The number of pyridine rings is 1. The Morgan fingerprint density at radius 1 is 1.42 bits per heavy atom. The Morgan fingerprint density at radius 3 is 2.67 bits per heavy atom. The summed E-state index contributed by atoms with van der Waals surface area (Å²) in [4.78, 5) is 28.7. The van der Waals surface area contributed by atoms with Gasteiger partial charge < -0.3 is 15.4 Å². The first-order chi connectivity index (χ1) is 11.2. The maximum atomic E-state index is 12.5. The molecule has 2 atom stereocenters. The molecule has 0 spiro atoms. The first-order valence-corrected chi connectivity index (χ1v) is 8.35. The Bertz CT molecular complexity index is 591. The molecule has 0 aliphatic carbocycles. The summed E-state index contributed by atoms with van der Waals surface area (Å²) in [5, 5.41) is 5.66. The van der Waals surface area contributed by atoms with Gasteiger partial charge in [-0.3, -0.25) is 9.59 Å². The van der Waals surface area contributed by atoms with Crippen molar-refractivity contribution in [2.24, 2.45) is 17.3 Å². The third-order valence-electron chi connectivity index (χ3n) is 4.20. The van der Waals surface area contributed by atoms with E-state index in [9.17, 15) is 9.59 Å². The van der Waals surface area contributed by atoms with Crippen molar-refractivity contribution in [1.29, 1.82) is 0 Å². The average Bonchev–Trinajstić information content (AvgIpc) is 2.87. The van der Waals surface area contributed by atoms with Crippen molar-refractivity contribution < 1.29 is 14.3 Å². The van der Waals surface area contributed by atoms with Crippen LogP contribution in [0.5, 0.6) is 5.88 Å². The van der Waals surface area contributed by atoms with E-state index in [0.717, 1.165) is 5.56 Å². The molecule has 2 amide bonds. The second-order valence-electron chi connectivity index (χ2n) is 7.58. The van der Waals surface area contributed by atoms with E-state index in [-0.39, 0.29) is 29.3 Å². The van der Waals surface area contributed by atoms with Gasteiger partial charge in [-0.05, 0) is 24.8 Å². The van der Waals surface area contributed by atoms with Crippen LogP contribution < -0.4 is 15.4 Å². The third kappa shape index (κ3) is 4.46. The molecule has 1 aliphatic heterocycles. The molecule has 132 valence electrons. The molecule has 0 radical (unpaired) electrons. The minimum atomic E-state index is -0.637. The minimum Gasteiger partial charge on any atom is -0.475 e. The molecule has 2 N–H and O–H groups in total. The van der Waals surface area contributed by atoms with Gasteiger partial charge in [-0.15, -0.1) is 0 Å². The number of amides is 2. The van der Waals surface area contributed by atoms with E-state index in [4.69, 9.17) is 4.74 Å². The normalized spacial score (nSPS) is 20.8. The predicted octanol–water partition coefficient (Wildman–Crippen LogP) is 1.89. The van der Waals surface area contributed by atoms with Gasteiger partial charge in [-0.1, -0.05) is 26.8 Å². The zero-order chi connectivity index (χ0) is 17.9. The Hall–Kier alpha value is -2.11. The zero-order valence-corrected chi connectivity index (χ0v) is 15.1. The van der Waals surface area contributed by atoms with Crippen LogP contribution in [0.3, 0.4) is 0 Å². The van der Waals surface area contributed by atoms with E-state index < -0.39 is 5.92 Å². The number of rotatable bonds is 5. The maximum Gasteiger partial charge on any atom is 0.233 e. The number of nitrogens with zero attached hydrogens (tertiary/aromatic N) is 1. The van der Waals surface area contributed by atoms with Gasteiger partial charge in [-0.25, -0.2) is 4.98 Å². The molecule has 1 saturated heterocycles. The summed E-state index contributed by atoms with van der Waals surface area (Å²) in [6.45, 7) is 10.9. The van der Waals surface area contributed by atoms with Crippen LogP contribution in [-0.2, 0) is 16.1 Å². The molecule has 0 bridgehead atoms. The lowest BCUT2D eigenvalue weighted by Crippen LogP contribution is -2.40. The predicted molar refractivity (Wildman–Crippen MR) is 91.3 cm³/mol. The molecular weight excluding hydrogens is 306 g/mol. The second-order valence-corrected chi connectivity index (χ2v) is 7.58. The molecule has 1 aromatic heterocycles. The first-order valence-electron chi connectivity index (χ1n) is 8.35. The van der Waals surface area contributed by atoms with Crippen molar-refractivity contribution in [3.8, 4) is 5.88 Å². The van der Waals surface area contributed by atoms with E-state index in [0.29, 0.717) is 19.0 Å². The molecule has 0 unspecified atom stereocenters. The number of carbonyl (C=O) groups is 2. The Balaban J connectivity index is 1.96. The fourth-order valence-electron chi connectivity index (χ4n) is 2.85. The number of hydrogen-bond donors (Lipinski definition) is 2. The lowest BCUT2D eigenvalue weighted by Gasteiger charge is -2.29. The van der Waals surface area contributed by atoms with Crippen LogP contribution in [0.1, 0.15) is 40.2 Å². The quantitative estimate of drug-likeness (QED) is 0.807. The molecule has 6 nitrogen and oxygen atoms in total. The smallest absolute Gasteiger partial charge is 0.233 e. The topological polar surface area (TPSA) is 80.3 Å². The van der Waals surface area contributed by atoms with Gasteiger partial charge in [0.05, 0.1) is 6.10 Å². The molecule has 24 heavy (non-hydrogen) atoms. The fraction of sp³-hybridized carbons (Fsp3) is 0.611. The summed E-state index contributed by atoms with van der Waals surface area (Å²) >= 11 is 0. The molecule has 2 heterocycles. The van der Waals surface area contributed by atoms with Crippen molar-refractivity contribution in [1.82, 2.24) is 15.6 Å². The van der Waals surface area contributed by atoms with Gasteiger partial charge >= 0.3 is 0 Å². The van der Waals surface area contributed by atoms with Crippen molar-refractivity contribution in [2.45, 2.75) is 47.3 Å². The van der Waals surface area contributed by atoms with Crippen LogP contribution in [0.2, 0.25) is 0 Å². The molecular formula is C18H27N3O3. The van der Waals surface area contributed by atoms with Gasteiger partial charge in [0, 0.05) is 31.3 Å². The van der Waals surface area contributed by atoms with Crippen molar-refractivity contribution in [2.75, 3.05) is 6.54 Å². The highest BCUT2D eigenvalue weighted by molar-refractivity contribution is 6.02. The third-order valence-corrected chi connectivity index (χ3v) is 4.20. The highest BCUT2D eigenvalue weighted by atomic mass is 16.5. The number of hydrogen-bond acceptors (Lipinski definition) is 4. The molecule has 2 rings (SSSR count). The highest BCUT2D eigenvalue weighted by Gasteiger charge is 2.45. The van der Waals surface area contributed by atoms with Crippen LogP contribution in [-0.4, -0.2) is 29.4 Å². The van der Waals surface area contributed by atoms with Crippen LogP contribution in [0.4, 0.5) is 0 Å². The van der Waals surface area contributed by atoms with Crippen molar-refractivity contribution in [3.63, 3.8) is 0 Å². The van der Waals surface area contributed by atoms with Crippen LogP contribution >= 0.6 is 0 Å². The highest BCUT2D eigenvalue weighted by Crippen LogP contribution is 2.35. The van der Waals surface area contributed by atoms with E-state index in [1.807, 2.05) is 19.9 Å². The molecule has 0 saturated carbocycles. The Labute approximate surface area is 143 Å². The number of carbonyl (C=O) groups excluding carboxylic acids is 2. The monoisotopic (exact) mass is 333 g/mol. The van der Waals surface area contributed by atoms with Crippen LogP contribution in [0.15, 0.2) is 18.3 Å². The Kier molecular flexibility index (Phi) is 5.47. The second kappa shape index (κ2) is 7.20. The zero-order valence-electron chi connectivity index (χ0n) is 15.1. The van der Waals surface area contributed by atoms with Gasteiger partial charge in [0.15, 0.2) is 0 Å². The van der Waals surface area contributed by atoms with Gasteiger partial charge in [-0.2, -0.15) is 0 Å². The number of ether oxygens (including phenoxy) is 1. The summed E-state index contributed by atoms with van der Waals surface area (Å²) in [6.07, 6.45) is 1.74. The molecule has 1 fully saturated rings. The van der Waals surface area contributed by atoms with Gasteiger partial charge in [0.25, 0.3) is 0 Å². The lowest BCUT2D eigenvalue weighted by atomic mass is 9.74.